The lowest BCUT2D eigenvalue weighted by molar-refractivity contribution is -0.126. The largest absolute Gasteiger partial charge is 0.497 e. The molecule has 1 aliphatic heterocycles. The maximum Gasteiger partial charge on any atom is 0.270 e. The predicted molar refractivity (Wildman–Crippen MR) is 127 cm³/mol. The summed E-state index contributed by atoms with van der Waals surface area (Å²) in [5, 5.41) is 4.02. The third-order valence-corrected chi connectivity index (χ3v) is 6.63. The third kappa shape index (κ3) is 5.13. The third-order valence-electron chi connectivity index (χ3n) is 6.63. The quantitative estimate of drug-likeness (QED) is 0.571. The molecule has 0 bridgehead atoms. The predicted octanol–water partition coefficient (Wildman–Crippen LogP) is 3.99. The Bertz CT molecular complexity index is 1110. The van der Waals surface area contributed by atoms with Crippen molar-refractivity contribution in [2.45, 2.75) is 26.3 Å². The molecule has 1 atom stereocenters. The normalized spacial score (nSPS) is 15.3. The van der Waals surface area contributed by atoms with Gasteiger partial charge >= 0.3 is 0 Å². The van der Waals surface area contributed by atoms with Crippen LogP contribution >= 0.6 is 0 Å². The van der Waals surface area contributed by atoms with Gasteiger partial charge in [0.25, 0.3) is 5.91 Å². The SMILES string of the molecule is COc1ccc(CNC(=O)[C@@H](C)C2CCN(C(=O)c3cc4ccc(OC)cc4[nH]3)CC2)cc1. The van der Waals surface area contributed by atoms with E-state index in [1.807, 2.05) is 60.4 Å². The molecule has 7 heteroatoms. The summed E-state index contributed by atoms with van der Waals surface area (Å²) in [4.78, 5) is 30.8. The van der Waals surface area contributed by atoms with Crippen molar-refractivity contribution in [1.29, 1.82) is 0 Å². The highest BCUT2D eigenvalue weighted by Crippen LogP contribution is 2.27. The highest BCUT2D eigenvalue weighted by Gasteiger charge is 2.30. The van der Waals surface area contributed by atoms with E-state index in [1.54, 1.807) is 14.2 Å². The molecule has 33 heavy (non-hydrogen) atoms. The van der Waals surface area contributed by atoms with Gasteiger partial charge in [-0.1, -0.05) is 19.1 Å². The summed E-state index contributed by atoms with van der Waals surface area (Å²) in [5.41, 5.74) is 2.50. The summed E-state index contributed by atoms with van der Waals surface area (Å²) >= 11 is 0. The maximum absolute atomic E-state index is 13.0. The zero-order valence-corrected chi connectivity index (χ0v) is 19.4. The molecule has 0 aliphatic carbocycles. The van der Waals surface area contributed by atoms with Crippen molar-refractivity contribution in [2.24, 2.45) is 11.8 Å². The van der Waals surface area contributed by atoms with E-state index in [-0.39, 0.29) is 23.7 Å². The molecule has 1 aromatic heterocycles. The number of carbonyl (C=O) groups is 2. The van der Waals surface area contributed by atoms with Crippen LogP contribution in [0.25, 0.3) is 10.9 Å². The first-order valence-corrected chi connectivity index (χ1v) is 11.3. The highest BCUT2D eigenvalue weighted by molar-refractivity contribution is 5.98. The summed E-state index contributed by atoms with van der Waals surface area (Å²) in [6.45, 7) is 3.78. The molecule has 4 rings (SSSR count). The summed E-state index contributed by atoms with van der Waals surface area (Å²) in [7, 11) is 3.26. The molecular formula is C26H31N3O4. The molecule has 1 saturated heterocycles. The Kier molecular flexibility index (Phi) is 6.87. The van der Waals surface area contributed by atoms with Crippen LogP contribution in [0.5, 0.6) is 11.5 Å². The van der Waals surface area contributed by atoms with Gasteiger partial charge in [-0.3, -0.25) is 9.59 Å². The molecule has 3 aromatic rings. The molecule has 0 unspecified atom stereocenters. The van der Waals surface area contributed by atoms with E-state index in [4.69, 9.17) is 9.47 Å². The molecule has 2 N–H and O–H groups in total. The number of benzene rings is 2. The average molecular weight is 450 g/mol. The minimum Gasteiger partial charge on any atom is -0.497 e. The lowest BCUT2D eigenvalue weighted by Crippen LogP contribution is -2.42. The van der Waals surface area contributed by atoms with Gasteiger partial charge in [0.05, 0.1) is 14.2 Å². The van der Waals surface area contributed by atoms with Gasteiger partial charge in [0.15, 0.2) is 0 Å². The minimum atomic E-state index is -0.0963. The first kappa shape index (κ1) is 22.7. The van der Waals surface area contributed by atoms with Crippen molar-refractivity contribution in [2.75, 3.05) is 27.3 Å². The second-order valence-electron chi connectivity index (χ2n) is 8.62. The number of hydrogen-bond acceptors (Lipinski definition) is 4. The van der Waals surface area contributed by atoms with Gasteiger partial charge in [0, 0.05) is 42.5 Å². The van der Waals surface area contributed by atoms with Gasteiger partial charge in [-0.25, -0.2) is 0 Å². The second kappa shape index (κ2) is 9.98. The van der Waals surface area contributed by atoms with Crippen molar-refractivity contribution in [3.63, 3.8) is 0 Å². The summed E-state index contributed by atoms with van der Waals surface area (Å²) in [5.74, 6) is 1.77. The number of nitrogens with one attached hydrogen (secondary N) is 2. The lowest BCUT2D eigenvalue weighted by Gasteiger charge is -2.34. The summed E-state index contributed by atoms with van der Waals surface area (Å²) < 4.78 is 10.4. The van der Waals surface area contributed by atoms with Gasteiger partial charge in [0.1, 0.15) is 17.2 Å². The van der Waals surface area contributed by atoms with Gasteiger partial charge in [0.2, 0.25) is 5.91 Å². The monoisotopic (exact) mass is 449 g/mol. The number of aromatic amines is 1. The van der Waals surface area contributed by atoms with Gasteiger partial charge in [-0.2, -0.15) is 0 Å². The number of likely N-dealkylation sites (tertiary alicyclic amines) is 1. The van der Waals surface area contributed by atoms with Crippen LogP contribution in [0.2, 0.25) is 0 Å². The standard InChI is InChI=1S/C26H31N3O4/c1-17(25(30)27-16-18-4-7-21(32-2)8-5-18)19-10-12-29(13-11-19)26(31)24-14-20-6-9-22(33-3)15-23(20)28-24/h4-9,14-15,17,19,28H,10-13,16H2,1-3H3,(H,27,30)/t17-/m0/s1. The van der Waals surface area contributed by atoms with E-state index in [2.05, 4.69) is 10.3 Å². The van der Waals surface area contributed by atoms with Crippen LogP contribution in [0, 0.1) is 11.8 Å². The van der Waals surface area contributed by atoms with Crippen molar-refractivity contribution < 1.29 is 19.1 Å². The molecule has 2 heterocycles. The average Bonchev–Trinajstić information content (AvgIpc) is 3.30. The number of ether oxygens (including phenoxy) is 2. The van der Waals surface area contributed by atoms with Crippen LogP contribution in [0.4, 0.5) is 0 Å². The molecule has 0 radical (unpaired) electrons. The number of carbonyl (C=O) groups excluding carboxylic acids is 2. The fourth-order valence-corrected chi connectivity index (χ4v) is 4.43. The number of nitrogens with zero attached hydrogens (tertiary/aromatic N) is 1. The van der Waals surface area contributed by atoms with E-state index in [0.29, 0.717) is 25.3 Å². The topological polar surface area (TPSA) is 83.7 Å². The minimum absolute atomic E-state index is 0.000210. The number of methoxy groups -OCH3 is 2. The maximum atomic E-state index is 13.0. The van der Waals surface area contributed by atoms with E-state index in [0.717, 1.165) is 40.8 Å². The Hall–Kier alpha value is -3.48. The summed E-state index contributed by atoms with van der Waals surface area (Å²) in [6, 6.07) is 15.3. The molecule has 7 nitrogen and oxygen atoms in total. The van der Waals surface area contributed by atoms with Crippen molar-refractivity contribution >= 4 is 22.7 Å². The Morgan fingerprint density at radius 2 is 1.70 bits per heavy atom. The highest BCUT2D eigenvalue weighted by atomic mass is 16.5. The Morgan fingerprint density at radius 3 is 2.36 bits per heavy atom. The Balaban J connectivity index is 1.29. The molecular weight excluding hydrogens is 418 g/mol. The molecule has 2 amide bonds. The van der Waals surface area contributed by atoms with E-state index < -0.39 is 0 Å². The van der Waals surface area contributed by atoms with Gasteiger partial charge < -0.3 is 24.7 Å². The lowest BCUT2D eigenvalue weighted by atomic mass is 9.84. The Morgan fingerprint density at radius 1 is 1.03 bits per heavy atom. The smallest absolute Gasteiger partial charge is 0.270 e. The Labute approximate surface area is 194 Å². The van der Waals surface area contributed by atoms with Crippen LogP contribution in [-0.2, 0) is 11.3 Å². The first-order valence-electron chi connectivity index (χ1n) is 11.3. The van der Waals surface area contributed by atoms with Gasteiger partial charge in [-0.05, 0) is 54.7 Å². The summed E-state index contributed by atoms with van der Waals surface area (Å²) in [6.07, 6.45) is 1.63. The number of aromatic nitrogens is 1. The van der Waals surface area contributed by atoms with Crippen LogP contribution in [-0.4, -0.2) is 49.0 Å². The molecule has 174 valence electrons. The van der Waals surface area contributed by atoms with Crippen LogP contribution in [0.15, 0.2) is 48.5 Å². The van der Waals surface area contributed by atoms with Crippen LogP contribution < -0.4 is 14.8 Å². The number of amides is 2. The second-order valence-corrected chi connectivity index (χ2v) is 8.62. The zero-order chi connectivity index (χ0) is 23.4. The number of fused-ring (bicyclic) bond motifs is 1. The zero-order valence-electron chi connectivity index (χ0n) is 19.4. The molecule has 1 fully saturated rings. The van der Waals surface area contributed by atoms with Crippen LogP contribution in [0.3, 0.4) is 0 Å². The van der Waals surface area contributed by atoms with Crippen molar-refractivity contribution in [3.8, 4) is 11.5 Å². The molecule has 2 aromatic carbocycles. The molecule has 0 spiro atoms. The van der Waals surface area contributed by atoms with E-state index in [9.17, 15) is 9.59 Å². The fraction of sp³-hybridized carbons (Fsp3) is 0.385. The van der Waals surface area contributed by atoms with Crippen LogP contribution in [0.1, 0.15) is 35.8 Å². The van der Waals surface area contributed by atoms with Crippen molar-refractivity contribution in [1.82, 2.24) is 15.2 Å². The number of piperidine rings is 1. The van der Waals surface area contributed by atoms with E-state index in [1.165, 1.54) is 0 Å². The number of hydrogen-bond donors (Lipinski definition) is 2. The molecule has 1 aliphatic rings. The van der Waals surface area contributed by atoms with Gasteiger partial charge in [-0.15, -0.1) is 0 Å². The number of H-pyrrole nitrogens is 1. The first-order chi connectivity index (χ1) is 16.0. The van der Waals surface area contributed by atoms with Crippen molar-refractivity contribution in [3.05, 3.63) is 59.8 Å². The van der Waals surface area contributed by atoms with E-state index >= 15 is 0 Å². The molecule has 0 saturated carbocycles. The fourth-order valence-electron chi connectivity index (χ4n) is 4.43. The number of rotatable bonds is 7.